The van der Waals surface area contributed by atoms with E-state index in [-0.39, 0.29) is 6.61 Å². The number of nitrogens with one attached hydrogen (secondary N) is 2. The van der Waals surface area contributed by atoms with E-state index >= 15 is 0 Å². The summed E-state index contributed by atoms with van der Waals surface area (Å²) in [5.74, 6) is 0.740. The van der Waals surface area contributed by atoms with Gasteiger partial charge in [-0.1, -0.05) is 0 Å². The highest BCUT2D eigenvalue weighted by atomic mass is 16.5. The first-order valence-corrected chi connectivity index (χ1v) is 5.18. The smallest absolute Gasteiger partial charge is 0.120 e. The van der Waals surface area contributed by atoms with Crippen molar-refractivity contribution in [2.45, 2.75) is 6.10 Å². The lowest BCUT2D eigenvalue weighted by atomic mass is 10.2. The Morgan fingerprint density at radius 1 is 1.56 bits per heavy atom. The van der Waals surface area contributed by atoms with E-state index < -0.39 is 6.10 Å². The molecule has 5 nitrogen and oxygen atoms in total. The first kappa shape index (κ1) is 10.9. The Morgan fingerprint density at radius 2 is 2.44 bits per heavy atom. The van der Waals surface area contributed by atoms with Crippen LogP contribution in [0.25, 0.3) is 10.9 Å². The van der Waals surface area contributed by atoms with E-state index in [1.54, 1.807) is 13.2 Å². The summed E-state index contributed by atoms with van der Waals surface area (Å²) < 4.78 is 5.47. The standard InChI is InChI=1S/C11H15N3O2/c1-12-6-9(15)7-16-10-2-3-11-8(4-10)5-13-14-11/h2-5,9,12,15H,6-7H2,1H3,(H,13,14)/t9-/m0/s1. The Balaban J connectivity index is 1.98. The highest BCUT2D eigenvalue weighted by Crippen LogP contribution is 2.18. The van der Waals surface area contributed by atoms with E-state index in [4.69, 9.17) is 4.74 Å². The average Bonchev–Trinajstić information content (AvgIpc) is 2.74. The Labute approximate surface area is 93.4 Å². The summed E-state index contributed by atoms with van der Waals surface area (Å²) in [4.78, 5) is 0. The number of ether oxygens (including phenoxy) is 1. The molecule has 0 radical (unpaired) electrons. The summed E-state index contributed by atoms with van der Waals surface area (Å²) in [6, 6.07) is 5.65. The molecule has 0 saturated heterocycles. The van der Waals surface area contributed by atoms with Crippen molar-refractivity contribution in [2.75, 3.05) is 20.2 Å². The molecule has 0 fully saturated rings. The molecule has 3 N–H and O–H groups in total. The first-order valence-electron chi connectivity index (χ1n) is 5.18. The lowest BCUT2D eigenvalue weighted by Crippen LogP contribution is -2.29. The molecule has 0 saturated carbocycles. The van der Waals surface area contributed by atoms with Crippen molar-refractivity contribution in [3.05, 3.63) is 24.4 Å². The van der Waals surface area contributed by atoms with Crippen molar-refractivity contribution < 1.29 is 9.84 Å². The van der Waals surface area contributed by atoms with E-state index in [0.717, 1.165) is 16.7 Å². The number of benzene rings is 1. The molecule has 1 aromatic heterocycles. The number of aliphatic hydroxyl groups excluding tert-OH is 1. The number of aliphatic hydroxyl groups is 1. The molecular weight excluding hydrogens is 206 g/mol. The molecule has 0 amide bonds. The normalized spacial score (nSPS) is 12.9. The van der Waals surface area contributed by atoms with Crippen LogP contribution in [0, 0.1) is 0 Å². The summed E-state index contributed by atoms with van der Waals surface area (Å²) in [7, 11) is 1.79. The summed E-state index contributed by atoms with van der Waals surface area (Å²) >= 11 is 0. The number of nitrogens with zero attached hydrogens (tertiary/aromatic N) is 1. The second-order valence-electron chi connectivity index (χ2n) is 3.64. The molecule has 1 heterocycles. The van der Waals surface area contributed by atoms with Gasteiger partial charge in [0.05, 0.1) is 11.7 Å². The second kappa shape index (κ2) is 4.96. The van der Waals surface area contributed by atoms with Gasteiger partial charge in [-0.15, -0.1) is 0 Å². The number of aromatic nitrogens is 2. The minimum atomic E-state index is -0.495. The maximum atomic E-state index is 9.48. The van der Waals surface area contributed by atoms with Crippen molar-refractivity contribution in [1.29, 1.82) is 0 Å². The monoisotopic (exact) mass is 221 g/mol. The number of fused-ring (bicyclic) bond motifs is 1. The highest BCUT2D eigenvalue weighted by Gasteiger charge is 2.04. The summed E-state index contributed by atoms with van der Waals surface area (Å²) in [6.45, 7) is 0.804. The fourth-order valence-corrected chi connectivity index (χ4v) is 1.50. The van der Waals surface area contributed by atoms with Crippen LogP contribution in [0.4, 0.5) is 0 Å². The molecule has 0 unspecified atom stereocenters. The minimum Gasteiger partial charge on any atom is -0.491 e. The van der Waals surface area contributed by atoms with Crippen LogP contribution in [0.3, 0.4) is 0 Å². The fraction of sp³-hybridized carbons (Fsp3) is 0.364. The van der Waals surface area contributed by atoms with Crippen LogP contribution in [0.1, 0.15) is 0 Å². The molecule has 1 aromatic carbocycles. The van der Waals surface area contributed by atoms with E-state index in [1.165, 1.54) is 0 Å². The summed E-state index contributed by atoms with van der Waals surface area (Å²) in [5.41, 5.74) is 0.975. The van der Waals surface area contributed by atoms with Gasteiger partial charge in [-0.25, -0.2) is 0 Å². The minimum absolute atomic E-state index is 0.282. The second-order valence-corrected chi connectivity index (χ2v) is 3.64. The van der Waals surface area contributed by atoms with Gasteiger partial charge >= 0.3 is 0 Å². The quantitative estimate of drug-likeness (QED) is 0.688. The molecule has 0 bridgehead atoms. The topological polar surface area (TPSA) is 70.2 Å². The predicted octanol–water partition coefficient (Wildman–Crippen LogP) is 0.522. The molecule has 0 aliphatic heterocycles. The Hall–Kier alpha value is -1.59. The molecule has 0 spiro atoms. The van der Waals surface area contributed by atoms with Crippen LogP contribution in [0.2, 0.25) is 0 Å². The third-order valence-corrected chi connectivity index (χ3v) is 2.29. The first-order chi connectivity index (χ1) is 7.79. The highest BCUT2D eigenvalue weighted by molar-refractivity contribution is 5.79. The SMILES string of the molecule is CNC[C@H](O)COc1ccc2[nH]ncc2c1. The number of rotatable bonds is 5. The molecule has 5 heteroatoms. The zero-order valence-electron chi connectivity index (χ0n) is 9.10. The Bertz CT molecular complexity index is 455. The molecule has 2 aromatic rings. The van der Waals surface area contributed by atoms with E-state index in [9.17, 15) is 5.11 Å². The lowest BCUT2D eigenvalue weighted by Gasteiger charge is -2.11. The molecular formula is C11H15N3O2. The van der Waals surface area contributed by atoms with Crippen LogP contribution in [-0.2, 0) is 0 Å². The number of likely N-dealkylation sites (N-methyl/N-ethyl adjacent to an activating group) is 1. The number of aromatic amines is 1. The zero-order valence-corrected chi connectivity index (χ0v) is 9.10. The van der Waals surface area contributed by atoms with Gasteiger partial charge in [-0.2, -0.15) is 5.10 Å². The van der Waals surface area contributed by atoms with Gasteiger partial charge in [0.1, 0.15) is 18.5 Å². The molecule has 0 aliphatic carbocycles. The molecule has 86 valence electrons. The van der Waals surface area contributed by atoms with Gasteiger partial charge in [-0.3, -0.25) is 5.10 Å². The van der Waals surface area contributed by atoms with E-state index in [2.05, 4.69) is 15.5 Å². The van der Waals surface area contributed by atoms with Gasteiger partial charge in [0.2, 0.25) is 0 Å². The van der Waals surface area contributed by atoms with Crippen molar-refractivity contribution >= 4 is 10.9 Å². The third kappa shape index (κ3) is 2.50. The van der Waals surface area contributed by atoms with Gasteiger partial charge in [-0.05, 0) is 25.2 Å². The van der Waals surface area contributed by atoms with Crippen LogP contribution >= 0.6 is 0 Å². The third-order valence-electron chi connectivity index (χ3n) is 2.29. The van der Waals surface area contributed by atoms with Gasteiger partial charge in [0.25, 0.3) is 0 Å². The molecule has 1 atom stereocenters. The van der Waals surface area contributed by atoms with E-state index in [0.29, 0.717) is 6.54 Å². The van der Waals surface area contributed by atoms with Gasteiger partial charge in [0, 0.05) is 11.9 Å². The van der Waals surface area contributed by atoms with Crippen molar-refractivity contribution in [3.63, 3.8) is 0 Å². The van der Waals surface area contributed by atoms with Crippen molar-refractivity contribution in [3.8, 4) is 5.75 Å². The zero-order chi connectivity index (χ0) is 11.4. The maximum Gasteiger partial charge on any atom is 0.120 e. The van der Waals surface area contributed by atoms with Crippen LogP contribution < -0.4 is 10.1 Å². The van der Waals surface area contributed by atoms with Gasteiger partial charge in [0.15, 0.2) is 0 Å². The van der Waals surface area contributed by atoms with Crippen molar-refractivity contribution in [2.24, 2.45) is 0 Å². The van der Waals surface area contributed by atoms with Gasteiger partial charge < -0.3 is 15.2 Å². The van der Waals surface area contributed by atoms with Crippen LogP contribution in [0.15, 0.2) is 24.4 Å². The Kier molecular flexibility index (Phi) is 3.38. The number of H-pyrrole nitrogens is 1. The van der Waals surface area contributed by atoms with Crippen molar-refractivity contribution in [1.82, 2.24) is 15.5 Å². The average molecular weight is 221 g/mol. The predicted molar refractivity (Wildman–Crippen MR) is 61.5 cm³/mol. The summed E-state index contributed by atoms with van der Waals surface area (Å²) in [5, 5.41) is 20.2. The molecule has 2 rings (SSSR count). The van der Waals surface area contributed by atoms with E-state index in [1.807, 2.05) is 18.2 Å². The number of hydrogen-bond donors (Lipinski definition) is 3. The Morgan fingerprint density at radius 3 is 3.25 bits per heavy atom. The fourth-order valence-electron chi connectivity index (χ4n) is 1.50. The van der Waals surface area contributed by atoms with Crippen LogP contribution in [0.5, 0.6) is 5.75 Å². The number of hydrogen-bond acceptors (Lipinski definition) is 4. The largest absolute Gasteiger partial charge is 0.491 e. The molecule has 16 heavy (non-hydrogen) atoms. The summed E-state index contributed by atoms with van der Waals surface area (Å²) in [6.07, 6.45) is 1.25. The molecule has 0 aliphatic rings. The van der Waals surface area contributed by atoms with Crippen LogP contribution in [-0.4, -0.2) is 41.6 Å². The maximum absolute atomic E-state index is 9.48. The lowest BCUT2D eigenvalue weighted by molar-refractivity contribution is 0.108.